The van der Waals surface area contributed by atoms with E-state index >= 15 is 0 Å². The molecule has 0 radical (unpaired) electrons. The van der Waals surface area contributed by atoms with Crippen LogP contribution in [0.4, 0.5) is 0 Å². The second-order valence-electron chi connectivity index (χ2n) is 3.47. The maximum atomic E-state index is 11.7. The molecule has 5 heteroatoms. The highest BCUT2D eigenvalue weighted by Gasteiger charge is 2.18. The molecule has 0 fully saturated rings. The van der Waals surface area contributed by atoms with E-state index in [1.165, 1.54) is 6.92 Å². The van der Waals surface area contributed by atoms with Crippen molar-refractivity contribution >= 4 is 23.5 Å². The van der Waals surface area contributed by atoms with Gasteiger partial charge in [-0.15, -0.1) is 0 Å². The van der Waals surface area contributed by atoms with Gasteiger partial charge in [-0.1, -0.05) is 23.7 Å². The first-order chi connectivity index (χ1) is 7.43. The maximum Gasteiger partial charge on any atom is 0.325 e. The number of hydrogen-bond donors (Lipinski definition) is 2. The molecule has 86 valence electrons. The summed E-state index contributed by atoms with van der Waals surface area (Å²) >= 11 is 5.88. The molecule has 1 unspecified atom stereocenters. The number of halogens is 1. The van der Waals surface area contributed by atoms with Gasteiger partial charge in [-0.25, -0.2) is 0 Å². The van der Waals surface area contributed by atoms with Gasteiger partial charge in [-0.3, -0.25) is 9.59 Å². The summed E-state index contributed by atoms with van der Waals surface area (Å²) in [6.45, 7) is 3.14. The second kappa shape index (κ2) is 4.99. The first-order valence-electron chi connectivity index (χ1n) is 4.72. The summed E-state index contributed by atoms with van der Waals surface area (Å²) in [4.78, 5) is 22.3. The Bertz CT molecular complexity index is 411. The Balaban J connectivity index is 2.93. The molecule has 0 heterocycles. The first kappa shape index (κ1) is 12.5. The van der Waals surface area contributed by atoms with Crippen molar-refractivity contribution in [3.63, 3.8) is 0 Å². The van der Waals surface area contributed by atoms with Crippen LogP contribution in [0.1, 0.15) is 22.8 Å². The van der Waals surface area contributed by atoms with Crippen molar-refractivity contribution in [2.24, 2.45) is 0 Å². The monoisotopic (exact) mass is 241 g/mol. The summed E-state index contributed by atoms with van der Waals surface area (Å²) in [6, 6.07) is 4.12. The largest absolute Gasteiger partial charge is 0.480 e. The van der Waals surface area contributed by atoms with Gasteiger partial charge in [0.1, 0.15) is 6.04 Å². The Hall–Kier alpha value is -1.55. The van der Waals surface area contributed by atoms with E-state index in [4.69, 9.17) is 16.7 Å². The topological polar surface area (TPSA) is 66.4 Å². The molecule has 1 aromatic carbocycles. The van der Waals surface area contributed by atoms with Gasteiger partial charge < -0.3 is 10.4 Å². The van der Waals surface area contributed by atoms with Crippen LogP contribution in [0, 0.1) is 6.92 Å². The van der Waals surface area contributed by atoms with Gasteiger partial charge in [-0.2, -0.15) is 0 Å². The van der Waals surface area contributed by atoms with E-state index in [0.717, 1.165) is 0 Å². The Labute approximate surface area is 98.2 Å². The Morgan fingerprint density at radius 3 is 2.56 bits per heavy atom. The summed E-state index contributed by atoms with van der Waals surface area (Å²) in [6.07, 6.45) is 0. The van der Waals surface area contributed by atoms with Gasteiger partial charge >= 0.3 is 5.97 Å². The first-order valence-corrected chi connectivity index (χ1v) is 5.10. The third kappa shape index (κ3) is 2.73. The number of carboxylic acid groups (broad SMARTS) is 1. The molecule has 0 saturated heterocycles. The highest BCUT2D eigenvalue weighted by molar-refractivity contribution is 6.34. The van der Waals surface area contributed by atoms with Crippen molar-refractivity contribution in [3.8, 4) is 0 Å². The molecular weight excluding hydrogens is 230 g/mol. The highest BCUT2D eigenvalue weighted by atomic mass is 35.5. The van der Waals surface area contributed by atoms with Crippen LogP contribution in [-0.2, 0) is 4.79 Å². The van der Waals surface area contributed by atoms with Gasteiger partial charge in [0.05, 0.1) is 10.6 Å². The molecule has 1 atom stereocenters. The minimum atomic E-state index is -1.09. The fourth-order valence-corrected chi connectivity index (χ4v) is 1.56. The lowest BCUT2D eigenvalue weighted by molar-refractivity contribution is -0.138. The fourth-order valence-electron chi connectivity index (χ4n) is 1.25. The quantitative estimate of drug-likeness (QED) is 0.849. The molecule has 0 aromatic heterocycles. The van der Waals surface area contributed by atoms with E-state index < -0.39 is 17.9 Å². The van der Waals surface area contributed by atoms with Crippen molar-refractivity contribution in [2.45, 2.75) is 19.9 Å². The predicted molar refractivity (Wildman–Crippen MR) is 60.8 cm³/mol. The lowest BCUT2D eigenvalue weighted by Crippen LogP contribution is -2.38. The van der Waals surface area contributed by atoms with Crippen molar-refractivity contribution in [2.75, 3.05) is 0 Å². The smallest absolute Gasteiger partial charge is 0.325 e. The average molecular weight is 242 g/mol. The lowest BCUT2D eigenvalue weighted by atomic mass is 10.1. The van der Waals surface area contributed by atoms with Crippen molar-refractivity contribution < 1.29 is 14.7 Å². The minimum Gasteiger partial charge on any atom is -0.480 e. The van der Waals surface area contributed by atoms with Crippen molar-refractivity contribution in [1.82, 2.24) is 5.32 Å². The minimum absolute atomic E-state index is 0.315. The molecule has 0 aliphatic rings. The number of rotatable bonds is 3. The number of carbonyl (C=O) groups excluding carboxylic acids is 1. The number of aliphatic carboxylic acids is 1. The number of carboxylic acids is 1. The molecule has 1 amide bonds. The number of aryl methyl sites for hydroxylation is 1. The van der Waals surface area contributed by atoms with Gasteiger partial charge in [0.2, 0.25) is 0 Å². The molecule has 0 bridgehead atoms. The van der Waals surface area contributed by atoms with Crippen LogP contribution in [0.15, 0.2) is 18.2 Å². The van der Waals surface area contributed by atoms with Crippen LogP contribution in [-0.4, -0.2) is 23.0 Å². The fraction of sp³-hybridized carbons (Fsp3) is 0.273. The lowest BCUT2D eigenvalue weighted by Gasteiger charge is -2.11. The van der Waals surface area contributed by atoms with E-state index in [0.29, 0.717) is 16.1 Å². The van der Waals surface area contributed by atoms with Crippen molar-refractivity contribution in [1.29, 1.82) is 0 Å². The molecule has 0 saturated carbocycles. The van der Waals surface area contributed by atoms with E-state index in [1.807, 2.05) is 0 Å². The van der Waals surface area contributed by atoms with Crippen LogP contribution < -0.4 is 5.32 Å². The van der Waals surface area contributed by atoms with E-state index in [2.05, 4.69) is 5.32 Å². The molecule has 0 aliphatic carbocycles. The SMILES string of the molecule is Cc1cccc(Cl)c1C(=O)NC(C)C(=O)O. The molecule has 0 aliphatic heterocycles. The maximum absolute atomic E-state index is 11.7. The average Bonchev–Trinajstić information content (AvgIpc) is 2.16. The second-order valence-corrected chi connectivity index (χ2v) is 3.87. The van der Waals surface area contributed by atoms with E-state index in [9.17, 15) is 9.59 Å². The summed E-state index contributed by atoms with van der Waals surface area (Å²) < 4.78 is 0. The summed E-state index contributed by atoms with van der Waals surface area (Å²) in [5, 5.41) is 11.3. The Morgan fingerprint density at radius 1 is 1.44 bits per heavy atom. The number of hydrogen-bond acceptors (Lipinski definition) is 2. The zero-order valence-electron chi connectivity index (χ0n) is 8.95. The van der Waals surface area contributed by atoms with Gasteiger partial charge in [0.15, 0.2) is 0 Å². The molecule has 2 N–H and O–H groups in total. The van der Waals surface area contributed by atoms with Gasteiger partial charge in [0, 0.05) is 0 Å². The Morgan fingerprint density at radius 2 is 2.06 bits per heavy atom. The predicted octanol–water partition coefficient (Wildman–Crippen LogP) is 1.85. The zero-order valence-corrected chi connectivity index (χ0v) is 9.71. The standard InChI is InChI=1S/C11H12ClNO3/c1-6-4-3-5-8(12)9(6)10(14)13-7(2)11(15)16/h3-5,7H,1-2H3,(H,13,14)(H,15,16). The van der Waals surface area contributed by atoms with E-state index in [1.54, 1.807) is 25.1 Å². The number of benzene rings is 1. The molecule has 1 aromatic rings. The summed E-state index contributed by atoms with van der Waals surface area (Å²) in [7, 11) is 0. The van der Waals surface area contributed by atoms with Crippen LogP contribution in [0.5, 0.6) is 0 Å². The molecular formula is C11H12ClNO3. The van der Waals surface area contributed by atoms with Gasteiger partial charge in [0.25, 0.3) is 5.91 Å². The third-order valence-electron chi connectivity index (χ3n) is 2.17. The molecule has 1 rings (SSSR count). The van der Waals surface area contributed by atoms with Crippen molar-refractivity contribution in [3.05, 3.63) is 34.3 Å². The van der Waals surface area contributed by atoms with Crippen LogP contribution in [0.25, 0.3) is 0 Å². The third-order valence-corrected chi connectivity index (χ3v) is 2.48. The van der Waals surface area contributed by atoms with Crippen LogP contribution >= 0.6 is 11.6 Å². The molecule has 0 spiro atoms. The molecule has 16 heavy (non-hydrogen) atoms. The number of amides is 1. The number of carbonyl (C=O) groups is 2. The zero-order chi connectivity index (χ0) is 12.3. The van der Waals surface area contributed by atoms with Gasteiger partial charge in [-0.05, 0) is 25.5 Å². The molecule has 4 nitrogen and oxygen atoms in total. The highest BCUT2D eigenvalue weighted by Crippen LogP contribution is 2.19. The summed E-state index contributed by atoms with van der Waals surface area (Å²) in [5.74, 6) is -1.56. The van der Waals surface area contributed by atoms with Crippen LogP contribution in [0.2, 0.25) is 5.02 Å². The summed E-state index contributed by atoms with van der Waals surface area (Å²) in [5.41, 5.74) is 1.03. The Kier molecular flexibility index (Phi) is 3.90. The van der Waals surface area contributed by atoms with E-state index in [-0.39, 0.29) is 0 Å². The van der Waals surface area contributed by atoms with Crippen LogP contribution in [0.3, 0.4) is 0 Å². The normalized spacial score (nSPS) is 11.9. The number of nitrogens with one attached hydrogen (secondary N) is 1.